The van der Waals surface area contributed by atoms with E-state index in [4.69, 9.17) is 5.84 Å². The first-order valence-electron chi connectivity index (χ1n) is 6.67. The average Bonchev–Trinajstić information content (AvgIpc) is 2.79. The van der Waals surface area contributed by atoms with Crippen molar-refractivity contribution < 1.29 is 0 Å². The third kappa shape index (κ3) is 2.91. The summed E-state index contributed by atoms with van der Waals surface area (Å²) in [6.45, 7) is 4.51. The number of nitrogens with two attached hydrogens (primary N) is 1. The molecule has 2 nitrogen and oxygen atoms in total. The van der Waals surface area contributed by atoms with E-state index < -0.39 is 0 Å². The summed E-state index contributed by atoms with van der Waals surface area (Å²) in [7, 11) is 0. The van der Waals surface area contributed by atoms with Gasteiger partial charge in [0, 0.05) is 10.7 Å². The number of nitrogens with one attached hydrogen (secondary N) is 1. The van der Waals surface area contributed by atoms with E-state index in [0.717, 1.165) is 6.42 Å². The molecule has 0 aliphatic heterocycles. The molecule has 98 valence electrons. The lowest BCUT2D eigenvalue weighted by atomic mass is 9.92. The predicted octanol–water partition coefficient (Wildman–Crippen LogP) is 3.71. The molecule has 2 atom stereocenters. The lowest BCUT2D eigenvalue weighted by Crippen LogP contribution is -2.41. The van der Waals surface area contributed by atoms with Gasteiger partial charge < -0.3 is 0 Å². The highest BCUT2D eigenvalue weighted by molar-refractivity contribution is 7.17. The fraction of sp³-hybridized carbons (Fsp3) is 0.467. The third-order valence-electron chi connectivity index (χ3n) is 3.65. The number of hydrogen-bond acceptors (Lipinski definition) is 3. The molecule has 0 spiro atoms. The summed E-state index contributed by atoms with van der Waals surface area (Å²) in [6, 6.07) is 8.96. The van der Waals surface area contributed by atoms with Crippen molar-refractivity contribution in [1.29, 1.82) is 0 Å². The lowest BCUT2D eigenvalue weighted by Gasteiger charge is -2.22. The van der Waals surface area contributed by atoms with Gasteiger partial charge in [0.15, 0.2) is 0 Å². The fourth-order valence-electron chi connectivity index (χ4n) is 2.51. The van der Waals surface area contributed by atoms with E-state index in [2.05, 4.69) is 48.9 Å². The van der Waals surface area contributed by atoms with Gasteiger partial charge >= 0.3 is 0 Å². The van der Waals surface area contributed by atoms with Crippen molar-refractivity contribution in [2.24, 2.45) is 11.8 Å². The van der Waals surface area contributed by atoms with Gasteiger partial charge in [-0.05, 0) is 41.2 Å². The Morgan fingerprint density at radius 1 is 1.33 bits per heavy atom. The minimum Gasteiger partial charge on any atom is -0.271 e. The Morgan fingerprint density at radius 2 is 2.11 bits per heavy atom. The van der Waals surface area contributed by atoms with E-state index in [1.807, 2.05) is 11.3 Å². The number of hydrazine groups is 1. The first-order valence-corrected chi connectivity index (χ1v) is 7.55. The van der Waals surface area contributed by atoms with Gasteiger partial charge in [0.25, 0.3) is 0 Å². The van der Waals surface area contributed by atoms with Gasteiger partial charge in [-0.15, -0.1) is 11.3 Å². The third-order valence-corrected chi connectivity index (χ3v) is 4.66. The smallest absolute Gasteiger partial charge is 0.0345 e. The molecule has 0 saturated carbocycles. The minimum absolute atomic E-state index is 0.364. The molecule has 2 aromatic rings. The molecule has 0 saturated heterocycles. The molecule has 0 amide bonds. The summed E-state index contributed by atoms with van der Waals surface area (Å²) >= 11 is 1.82. The number of thiophene rings is 1. The van der Waals surface area contributed by atoms with Crippen LogP contribution in [0.15, 0.2) is 29.6 Å². The van der Waals surface area contributed by atoms with Gasteiger partial charge in [-0.3, -0.25) is 11.3 Å². The standard InChI is InChI=1S/C15H22N2S/c1-3-6-11(2)14(17-16)9-12-10-18-15-8-5-4-7-13(12)15/h4-5,7-8,10-11,14,17H,3,6,9,16H2,1-2H3. The van der Waals surface area contributed by atoms with Crippen molar-refractivity contribution in [2.75, 3.05) is 0 Å². The van der Waals surface area contributed by atoms with Gasteiger partial charge in [0.05, 0.1) is 0 Å². The van der Waals surface area contributed by atoms with Crippen LogP contribution in [0.3, 0.4) is 0 Å². The van der Waals surface area contributed by atoms with E-state index in [1.165, 1.54) is 28.5 Å². The molecule has 0 fully saturated rings. The second kappa shape index (κ2) is 6.32. The largest absolute Gasteiger partial charge is 0.271 e. The van der Waals surface area contributed by atoms with E-state index in [0.29, 0.717) is 12.0 Å². The van der Waals surface area contributed by atoms with Crippen LogP contribution in [0, 0.1) is 5.92 Å². The minimum atomic E-state index is 0.364. The van der Waals surface area contributed by atoms with Crippen LogP contribution >= 0.6 is 11.3 Å². The van der Waals surface area contributed by atoms with Crippen LogP contribution in [-0.4, -0.2) is 6.04 Å². The molecule has 2 unspecified atom stereocenters. The number of benzene rings is 1. The molecule has 0 radical (unpaired) electrons. The zero-order valence-corrected chi connectivity index (χ0v) is 12.0. The maximum Gasteiger partial charge on any atom is 0.0345 e. The Bertz CT molecular complexity index is 492. The molecule has 0 bridgehead atoms. The molecule has 1 aromatic heterocycles. The maximum atomic E-state index is 5.72. The van der Waals surface area contributed by atoms with Crippen molar-refractivity contribution in [3.63, 3.8) is 0 Å². The van der Waals surface area contributed by atoms with Gasteiger partial charge in [-0.25, -0.2) is 0 Å². The van der Waals surface area contributed by atoms with Crippen molar-refractivity contribution in [1.82, 2.24) is 5.43 Å². The maximum absolute atomic E-state index is 5.72. The van der Waals surface area contributed by atoms with Gasteiger partial charge in [0.1, 0.15) is 0 Å². The quantitative estimate of drug-likeness (QED) is 0.615. The van der Waals surface area contributed by atoms with Gasteiger partial charge in [-0.2, -0.15) is 0 Å². The van der Waals surface area contributed by atoms with Gasteiger partial charge in [-0.1, -0.05) is 38.5 Å². The summed E-state index contributed by atoms with van der Waals surface area (Å²) in [5.74, 6) is 6.33. The molecule has 0 aliphatic carbocycles. The molecule has 2 rings (SSSR count). The summed E-state index contributed by atoms with van der Waals surface area (Å²) < 4.78 is 1.37. The molecule has 0 aliphatic rings. The van der Waals surface area contributed by atoms with Crippen LogP contribution in [0.5, 0.6) is 0 Å². The molecular formula is C15H22N2S. The summed E-state index contributed by atoms with van der Waals surface area (Å²) in [5.41, 5.74) is 4.41. The fourth-order valence-corrected chi connectivity index (χ4v) is 3.48. The SMILES string of the molecule is CCCC(C)C(Cc1csc2ccccc12)NN. The van der Waals surface area contributed by atoms with Crippen LogP contribution in [-0.2, 0) is 6.42 Å². The Hall–Kier alpha value is -0.900. The molecule has 18 heavy (non-hydrogen) atoms. The second-order valence-corrected chi connectivity index (χ2v) is 5.91. The van der Waals surface area contributed by atoms with Crippen molar-refractivity contribution >= 4 is 21.4 Å². The average molecular weight is 262 g/mol. The van der Waals surface area contributed by atoms with Crippen LogP contribution in [0.1, 0.15) is 32.3 Å². The Labute approximate surface area is 113 Å². The summed E-state index contributed by atoms with van der Waals surface area (Å²) in [4.78, 5) is 0. The first kappa shape index (κ1) is 13.5. The number of rotatable bonds is 6. The zero-order chi connectivity index (χ0) is 13.0. The van der Waals surface area contributed by atoms with Crippen LogP contribution in [0.25, 0.3) is 10.1 Å². The van der Waals surface area contributed by atoms with Crippen molar-refractivity contribution in [2.45, 2.75) is 39.2 Å². The summed E-state index contributed by atoms with van der Waals surface area (Å²) in [5, 5.41) is 3.65. The number of fused-ring (bicyclic) bond motifs is 1. The van der Waals surface area contributed by atoms with E-state index >= 15 is 0 Å². The highest BCUT2D eigenvalue weighted by atomic mass is 32.1. The number of hydrogen-bond donors (Lipinski definition) is 2. The molecule has 3 N–H and O–H groups in total. The monoisotopic (exact) mass is 262 g/mol. The molecule has 1 aromatic carbocycles. The zero-order valence-electron chi connectivity index (χ0n) is 11.1. The van der Waals surface area contributed by atoms with E-state index in [9.17, 15) is 0 Å². The molecule has 3 heteroatoms. The van der Waals surface area contributed by atoms with Crippen LogP contribution in [0.4, 0.5) is 0 Å². The molecular weight excluding hydrogens is 240 g/mol. The molecule has 1 heterocycles. The van der Waals surface area contributed by atoms with Crippen LogP contribution < -0.4 is 11.3 Å². The van der Waals surface area contributed by atoms with Crippen molar-refractivity contribution in [3.05, 3.63) is 35.2 Å². The highest BCUT2D eigenvalue weighted by Gasteiger charge is 2.17. The lowest BCUT2D eigenvalue weighted by molar-refractivity contribution is 0.357. The first-order chi connectivity index (χ1) is 8.76. The topological polar surface area (TPSA) is 38.0 Å². The predicted molar refractivity (Wildman–Crippen MR) is 80.7 cm³/mol. The van der Waals surface area contributed by atoms with E-state index in [1.54, 1.807) is 0 Å². The van der Waals surface area contributed by atoms with E-state index in [-0.39, 0.29) is 0 Å². The van der Waals surface area contributed by atoms with Crippen molar-refractivity contribution in [3.8, 4) is 0 Å². The summed E-state index contributed by atoms with van der Waals surface area (Å²) in [6.07, 6.45) is 3.45. The van der Waals surface area contributed by atoms with Gasteiger partial charge in [0.2, 0.25) is 0 Å². The highest BCUT2D eigenvalue weighted by Crippen LogP contribution is 2.27. The Balaban J connectivity index is 2.16. The Kier molecular flexibility index (Phi) is 4.75. The second-order valence-electron chi connectivity index (χ2n) is 5.00. The normalized spacial score (nSPS) is 14.8. The Morgan fingerprint density at radius 3 is 2.83 bits per heavy atom. The van der Waals surface area contributed by atoms with Crippen LogP contribution in [0.2, 0.25) is 0 Å².